The molecule has 1 aliphatic rings. The molecule has 158 valence electrons. The van der Waals surface area contributed by atoms with Gasteiger partial charge in [0.15, 0.2) is 0 Å². The van der Waals surface area contributed by atoms with Crippen molar-refractivity contribution in [1.82, 2.24) is 0 Å². The molecule has 7 nitrogen and oxygen atoms in total. The number of amidine groups is 1. The Labute approximate surface area is 179 Å². The number of fused-ring (bicyclic) bond motifs is 1. The molecule has 0 atom stereocenters. The minimum atomic E-state index is -0.565. The Kier molecular flexibility index (Phi) is 5.58. The molecule has 4 rings (SSSR count). The van der Waals surface area contributed by atoms with Crippen molar-refractivity contribution < 1.29 is 14.3 Å². The second-order valence-electron chi connectivity index (χ2n) is 7.74. The number of carbonyl (C=O) groups is 2. The number of nitrogens with one attached hydrogen (secondary N) is 2. The zero-order valence-corrected chi connectivity index (χ0v) is 17.0. The Hall–Kier alpha value is -3.87. The highest BCUT2D eigenvalue weighted by Crippen LogP contribution is 2.29. The molecule has 0 spiro atoms. The maximum atomic E-state index is 12.8. The van der Waals surface area contributed by atoms with Crippen molar-refractivity contribution in [3.05, 3.63) is 71.3 Å². The molecule has 0 aliphatic heterocycles. The quantitative estimate of drug-likeness (QED) is 0.359. The van der Waals surface area contributed by atoms with Gasteiger partial charge in [-0.3, -0.25) is 15.0 Å². The van der Waals surface area contributed by atoms with Crippen LogP contribution in [0.2, 0.25) is 0 Å². The van der Waals surface area contributed by atoms with Crippen molar-refractivity contribution in [2.45, 2.75) is 31.8 Å². The van der Waals surface area contributed by atoms with Gasteiger partial charge >= 0.3 is 0 Å². The number of rotatable bonds is 6. The monoisotopic (exact) mass is 416 g/mol. The molecule has 0 radical (unpaired) electrons. The van der Waals surface area contributed by atoms with Crippen molar-refractivity contribution >= 4 is 34.1 Å². The maximum Gasteiger partial charge on any atom is 0.255 e. The molecular weight excluding hydrogens is 392 g/mol. The van der Waals surface area contributed by atoms with Gasteiger partial charge in [0.25, 0.3) is 11.8 Å². The molecule has 0 heterocycles. The fraction of sp³-hybridized carbons (Fsp3) is 0.208. The SMILES string of the molecule is N=C(N)c1ccc2cc(C(=O)Nc3ccc(C(N)=O)c(OC4CCCC4)c3)ccc2c1. The lowest BCUT2D eigenvalue weighted by Gasteiger charge is -2.17. The van der Waals surface area contributed by atoms with Gasteiger partial charge in [-0.15, -0.1) is 0 Å². The minimum Gasteiger partial charge on any atom is -0.490 e. The lowest BCUT2D eigenvalue weighted by atomic mass is 10.0. The summed E-state index contributed by atoms with van der Waals surface area (Å²) in [6, 6.07) is 15.6. The van der Waals surface area contributed by atoms with Crippen molar-refractivity contribution in [2.24, 2.45) is 11.5 Å². The summed E-state index contributed by atoms with van der Waals surface area (Å²) in [5, 5.41) is 12.2. The van der Waals surface area contributed by atoms with Gasteiger partial charge in [0.1, 0.15) is 11.6 Å². The number of hydrogen-bond acceptors (Lipinski definition) is 4. The van der Waals surface area contributed by atoms with E-state index in [0.29, 0.717) is 28.1 Å². The summed E-state index contributed by atoms with van der Waals surface area (Å²) in [6.45, 7) is 0. The summed E-state index contributed by atoms with van der Waals surface area (Å²) >= 11 is 0. The van der Waals surface area contributed by atoms with E-state index >= 15 is 0 Å². The molecule has 31 heavy (non-hydrogen) atoms. The van der Waals surface area contributed by atoms with Gasteiger partial charge in [0, 0.05) is 22.9 Å². The molecular formula is C24H24N4O3. The van der Waals surface area contributed by atoms with Crippen LogP contribution in [0.4, 0.5) is 5.69 Å². The highest BCUT2D eigenvalue weighted by atomic mass is 16.5. The third-order valence-electron chi connectivity index (χ3n) is 5.51. The van der Waals surface area contributed by atoms with Crippen molar-refractivity contribution in [3.8, 4) is 5.75 Å². The normalized spacial score (nSPS) is 13.8. The van der Waals surface area contributed by atoms with Crippen LogP contribution < -0.4 is 21.5 Å². The number of amides is 2. The first kappa shape index (κ1) is 20.4. The molecule has 0 aromatic heterocycles. The number of anilines is 1. The van der Waals surface area contributed by atoms with Gasteiger partial charge in [-0.2, -0.15) is 0 Å². The summed E-state index contributed by atoms with van der Waals surface area (Å²) < 4.78 is 6.00. The van der Waals surface area contributed by atoms with Gasteiger partial charge in [0.05, 0.1) is 11.7 Å². The van der Waals surface area contributed by atoms with Crippen LogP contribution in [-0.2, 0) is 0 Å². The molecule has 3 aromatic rings. The summed E-state index contributed by atoms with van der Waals surface area (Å²) in [6.07, 6.45) is 4.14. The highest BCUT2D eigenvalue weighted by Gasteiger charge is 2.20. The number of nitrogen functional groups attached to an aromatic ring is 1. The molecule has 1 saturated carbocycles. The van der Waals surface area contributed by atoms with E-state index in [2.05, 4.69) is 5.32 Å². The van der Waals surface area contributed by atoms with Crippen LogP contribution >= 0.6 is 0 Å². The van der Waals surface area contributed by atoms with Crippen LogP contribution in [0.25, 0.3) is 10.8 Å². The van der Waals surface area contributed by atoms with E-state index in [1.807, 2.05) is 18.2 Å². The fourth-order valence-corrected chi connectivity index (χ4v) is 3.84. The van der Waals surface area contributed by atoms with Crippen molar-refractivity contribution in [2.75, 3.05) is 5.32 Å². The zero-order valence-electron chi connectivity index (χ0n) is 17.0. The summed E-state index contributed by atoms with van der Waals surface area (Å²) in [5.74, 6) is -0.451. The zero-order chi connectivity index (χ0) is 22.0. The first-order valence-electron chi connectivity index (χ1n) is 10.2. The van der Waals surface area contributed by atoms with E-state index < -0.39 is 5.91 Å². The highest BCUT2D eigenvalue weighted by molar-refractivity contribution is 6.07. The molecule has 2 amide bonds. The van der Waals surface area contributed by atoms with Gasteiger partial charge in [0.2, 0.25) is 0 Å². The van der Waals surface area contributed by atoms with E-state index in [1.165, 1.54) is 0 Å². The van der Waals surface area contributed by atoms with Crippen LogP contribution in [0.1, 0.15) is 52.0 Å². The number of primary amides is 1. The second kappa shape index (κ2) is 8.47. The summed E-state index contributed by atoms with van der Waals surface area (Å²) in [4.78, 5) is 24.6. The molecule has 0 saturated heterocycles. The number of carbonyl (C=O) groups excluding carboxylic acids is 2. The van der Waals surface area contributed by atoms with E-state index in [-0.39, 0.29) is 17.8 Å². The second-order valence-corrected chi connectivity index (χ2v) is 7.74. The van der Waals surface area contributed by atoms with Crippen LogP contribution in [-0.4, -0.2) is 23.8 Å². The van der Waals surface area contributed by atoms with Gasteiger partial charge in [-0.1, -0.05) is 18.2 Å². The summed E-state index contributed by atoms with van der Waals surface area (Å²) in [5.41, 5.74) is 13.0. The smallest absolute Gasteiger partial charge is 0.255 e. The van der Waals surface area contributed by atoms with Crippen molar-refractivity contribution in [1.29, 1.82) is 5.41 Å². The van der Waals surface area contributed by atoms with E-state index in [9.17, 15) is 9.59 Å². The van der Waals surface area contributed by atoms with Crippen LogP contribution in [0.3, 0.4) is 0 Å². The molecule has 1 fully saturated rings. The van der Waals surface area contributed by atoms with Gasteiger partial charge < -0.3 is 21.5 Å². The standard InChI is InChI=1S/C24H24N4O3/c25-22(26)16-7-5-15-12-17(8-6-14(15)11-16)24(30)28-18-9-10-20(23(27)29)21(13-18)31-19-3-1-2-4-19/h5-13,19H,1-4H2,(H3,25,26)(H2,27,29)(H,28,30). The average molecular weight is 416 g/mol. The van der Waals surface area contributed by atoms with Crippen LogP contribution in [0, 0.1) is 5.41 Å². The topological polar surface area (TPSA) is 131 Å². The molecule has 0 bridgehead atoms. The third kappa shape index (κ3) is 4.50. The average Bonchev–Trinajstić information content (AvgIpc) is 3.26. The Morgan fingerprint density at radius 1 is 0.903 bits per heavy atom. The number of nitrogens with two attached hydrogens (primary N) is 2. The first-order chi connectivity index (χ1) is 14.9. The van der Waals surface area contributed by atoms with Crippen LogP contribution in [0.15, 0.2) is 54.6 Å². The number of ether oxygens (including phenoxy) is 1. The number of benzene rings is 3. The Morgan fingerprint density at radius 3 is 2.19 bits per heavy atom. The molecule has 1 aliphatic carbocycles. The van der Waals surface area contributed by atoms with E-state index in [4.69, 9.17) is 21.6 Å². The predicted octanol–water partition coefficient (Wildman–Crippen LogP) is 3.80. The molecule has 6 N–H and O–H groups in total. The molecule has 0 unspecified atom stereocenters. The van der Waals surface area contributed by atoms with E-state index in [0.717, 1.165) is 36.5 Å². The first-order valence-corrected chi connectivity index (χ1v) is 10.2. The minimum absolute atomic E-state index is 0.00115. The van der Waals surface area contributed by atoms with Crippen LogP contribution in [0.5, 0.6) is 5.75 Å². The van der Waals surface area contributed by atoms with Crippen molar-refractivity contribution in [3.63, 3.8) is 0 Å². The predicted molar refractivity (Wildman–Crippen MR) is 121 cm³/mol. The fourth-order valence-electron chi connectivity index (χ4n) is 3.84. The third-order valence-corrected chi connectivity index (χ3v) is 5.51. The Balaban J connectivity index is 1.56. The van der Waals surface area contributed by atoms with E-state index in [1.54, 1.807) is 36.4 Å². The Bertz CT molecular complexity index is 1180. The lowest BCUT2D eigenvalue weighted by Crippen LogP contribution is -2.18. The summed E-state index contributed by atoms with van der Waals surface area (Å²) in [7, 11) is 0. The largest absolute Gasteiger partial charge is 0.490 e. The Morgan fingerprint density at radius 2 is 1.55 bits per heavy atom. The molecule has 3 aromatic carbocycles. The lowest BCUT2D eigenvalue weighted by molar-refractivity contribution is 0.0991. The molecule has 7 heteroatoms. The number of hydrogen-bond donors (Lipinski definition) is 4. The van der Waals surface area contributed by atoms with Gasteiger partial charge in [-0.25, -0.2) is 0 Å². The maximum absolute atomic E-state index is 12.8. The van der Waals surface area contributed by atoms with Gasteiger partial charge in [-0.05, 0) is 66.8 Å².